The summed E-state index contributed by atoms with van der Waals surface area (Å²) in [6.45, 7) is 2.18. The van der Waals surface area contributed by atoms with Crippen molar-refractivity contribution in [3.8, 4) is 0 Å². The van der Waals surface area contributed by atoms with E-state index in [2.05, 4.69) is 10.3 Å². The maximum Gasteiger partial charge on any atom is 0.405 e. The number of carbonyl (C=O) groups is 2. The first-order valence-electron chi connectivity index (χ1n) is 5.75. The lowest BCUT2D eigenvalue weighted by atomic mass is 10.3. The third kappa shape index (κ3) is 2.98. The van der Waals surface area contributed by atoms with Gasteiger partial charge in [0.15, 0.2) is 5.69 Å². The molecule has 0 aliphatic heterocycles. The van der Waals surface area contributed by atoms with Gasteiger partial charge in [-0.05, 0) is 25.7 Å². The molecule has 6 nitrogen and oxygen atoms in total. The lowest BCUT2D eigenvalue weighted by molar-refractivity contribution is 0.0519. The van der Waals surface area contributed by atoms with Crippen molar-refractivity contribution in [2.75, 3.05) is 6.61 Å². The first-order chi connectivity index (χ1) is 8.61. The number of hydrogen-bond donors (Lipinski definition) is 2. The van der Waals surface area contributed by atoms with Crippen molar-refractivity contribution in [2.24, 2.45) is 0 Å². The van der Waals surface area contributed by atoms with E-state index in [0.29, 0.717) is 23.2 Å². The number of carboxylic acid groups (broad SMARTS) is 1. The fourth-order valence-corrected chi connectivity index (χ4v) is 2.74. The summed E-state index contributed by atoms with van der Waals surface area (Å²) in [5, 5.41) is 11.4. The molecule has 1 fully saturated rings. The molecule has 98 valence electrons. The van der Waals surface area contributed by atoms with E-state index in [0.717, 1.165) is 17.7 Å². The Balaban J connectivity index is 2.15. The SMILES string of the molecule is CCOC(=O)c1nc(CNC(=O)O)sc1C1CC1. The molecule has 1 aliphatic carbocycles. The Kier molecular flexibility index (Phi) is 3.81. The van der Waals surface area contributed by atoms with Crippen molar-refractivity contribution in [1.29, 1.82) is 0 Å². The van der Waals surface area contributed by atoms with Crippen LogP contribution in [0, 0.1) is 0 Å². The van der Waals surface area contributed by atoms with Gasteiger partial charge in [-0.1, -0.05) is 0 Å². The molecule has 1 aliphatic rings. The molecule has 0 bridgehead atoms. The van der Waals surface area contributed by atoms with Crippen LogP contribution in [0.25, 0.3) is 0 Å². The second-order valence-electron chi connectivity index (χ2n) is 3.97. The third-order valence-corrected chi connectivity index (χ3v) is 3.72. The van der Waals surface area contributed by atoms with Gasteiger partial charge in [0.2, 0.25) is 0 Å². The Morgan fingerprint density at radius 1 is 1.56 bits per heavy atom. The maximum atomic E-state index is 11.7. The lowest BCUT2D eigenvalue weighted by Gasteiger charge is -1.99. The second-order valence-corrected chi connectivity index (χ2v) is 5.09. The van der Waals surface area contributed by atoms with Crippen LogP contribution in [0.15, 0.2) is 0 Å². The summed E-state index contributed by atoms with van der Waals surface area (Å²) in [6, 6.07) is 0. The highest BCUT2D eigenvalue weighted by molar-refractivity contribution is 7.12. The van der Waals surface area contributed by atoms with Crippen LogP contribution in [0.5, 0.6) is 0 Å². The molecule has 0 radical (unpaired) electrons. The molecular weight excluding hydrogens is 256 g/mol. The van der Waals surface area contributed by atoms with Crippen molar-refractivity contribution in [1.82, 2.24) is 10.3 Å². The quantitative estimate of drug-likeness (QED) is 0.798. The van der Waals surface area contributed by atoms with E-state index in [1.54, 1.807) is 6.92 Å². The van der Waals surface area contributed by atoms with E-state index in [1.807, 2.05) is 0 Å². The number of hydrogen-bond acceptors (Lipinski definition) is 5. The molecule has 2 N–H and O–H groups in total. The third-order valence-electron chi connectivity index (χ3n) is 2.51. The van der Waals surface area contributed by atoms with Crippen LogP contribution >= 0.6 is 11.3 Å². The van der Waals surface area contributed by atoms with Crippen molar-refractivity contribution in [2.45, 2.75) is 32.2 Å². The molecule has 0 spiro atoms. The van der Waals surface area contributed by atoms with Gasteiger partial charge in [-0.2, -0.15) is 0 Å². The predicted molar refractivity (Wildman–Crippen MR) is 64.9 cm³/mol. The zero-order chi connectivity index (χ0) is 13.1. The molecule has 1 saturated carbocycles. The number of rotatable bonds is 5. The number of thiazole rings is 1. The van der Waals surface area contributed by atoms with Gasteiger partial charge < -0.3 is 15.2 Å². The largest absolute Gasteiger partial charge is 0.465 e. The molecule has 0 unspecified atom stereocenters. The fourth-order valence-electron chi connectivity index (χ4n) is 1.57. The number of ether oxygens (including phenoxy) is 1. The maximum absolute atomic E-state index is 11.7. The average molecular weight is 270 g/mol. The van der Waals surface area contributed by atoms with E-state index < -0.39 is 12.1 Å². The molecule has 1 amide bonds. The first kappa shape index (κ1) is 12.8. The van der Waals surface area contributed by atoms with Gasteiger partial charge in [-0.3, -0.25) is 0 Å². The Morgan fingerprint density at radius 2 is 2.28 bits per heavy atom. The van der Waals surface area contributed by atoms with Crippen LogP contribution in [0.1, 0.15) is 46.1 Å². The lowest BCUT2D eigenvalue weighted by Crippen LogP contribution is -2.19. The van der Waals surface area contributed by atoms with Gasteiger partial charge in [0.05, 0.1) is 13.2 Å². The standard InChI is InChI=1S/C11H14N2O4S/c1-2-17-10(14)8-9(6-3-4-6)18-7(13-8)5-12-11(15)16/h6,12H,2-5H2,1H3,(H,15,16). The normalized spacial score (nSPS) is 14.3. The molecule has 1 heterocycles. The van der Waals surface area contributed by atoms with Crippen molar-refractivity contribution in [3.05, 3.63) is 15.6 Å². The molecule has 0 atom stereocenters. The van der Waals surface area contributed by atoms with E-state index in [9.17, 15) is 9.59 Å². The minimum Gasteiger partial charge on any atom is -0.465 e. The molecule has 1 aromatic rings. The van der Waals surface area contributed by atoms with E-state index in [4.69, 9.17) is 9.84 Å². The summed E-state index contributed by atoms with van der Waals surface area (Å²) in [5.41, 5.74) is 0.353. The van der Waals surface area contributed by atoms with Crippen LogP contribution in [0.2, 0.25) is 0 Å². The Bertz CT molecular complexity index is 468. The van der Waals surface area contributed by atoms with E-state index >= 15 is 0 Å². The molecule has 7 heteroatoms. The van der Waals surface area contributed by atoms with E-state index in [1.165, 1.54) is 11.3 Å². The second kappa shape index (κ2) is 5.34. The summed E-state index contributed by atoms with van der Waals surface area (Å²) in [6.07, 6.45) is 1.01. The minimum atomic E-state index is -1.10. The zero-order valence-electron chi connectivity index (χ0n) is 9.93. The number of amides is 1. The molecule has 1 aromatic heterocycles. The Morgan fingerprint density at radius 3 is 2.83 bits per heavy atom. The highest BCUT2D eigenvalue weighted by Gasteiger charge is 2.32. The molecular formula is C11H14N2O4S. The first-order valence-corrected chi connectivity index (χ1v) is 6.57. The highest BCUT2D eigenvalue weighted by atomic mass is 32.1. The number of esters is 1. The molecule has 18 heavy (non-hydrogen) atoms. The van der Waals surface area contributed by atoms with Gasteiger partial charge in [0, 0.05) is 4.88 Å². The molecule has 2 rings (SSSR count). The summed E-state index contributed by atoms with van der Waals surface area (Å²) < 4.78 is 4.95. The highest BCUT2D eigenvalue weighted by Crippen LogP contribution is 2.44. The average Bonchev–Trinajstić information content (AvgIpc) is 3.07. The van der Waals surface area contributed by atoms with E-state index in [-0.39, 0.29) is 6.54 Å². The van der Waals surface area contributed by atoms with Crippen LogP contribution in [-0.4, -0.2) is 28.8 Å². The monoisotopic (exact) mass is 270 g/mol. The van der Waals surface area contributed by atoms with Crippen LogP contribution < -0.4 is 5.32 Å². The smallest absolute Gasteiger partial charge is 0.405 e. The molecule has 0 saturated heterocycles. The predicted octanol–water partition coefficient (Wildman–Crippen LogP) is 1.96. The number of carbonyl (C=O) groups excluding carboxylic acids is 1. The topological polar surface area (TPSA) is 88.5 Å². The minimum absolute atomic E-state index is 0.124. The number of nitrogens with zero attached hydrogens (tertiary/aromatic N) is 1. The summed E-state index contributed by atoms with van der Waals surface area (Å²) in [7, 11) is 0. The summed E-state index contributed by atoms with van der Waals surface area (Å²) in [4.78, 5) is 27.3. The van der Waals surface area contributed by atoms with Gasteiger partial charge >= 0.3 is 12.1 Å². The zero-order valence-corrected chi connectivity index (χ0v) is 10.7. The fraction of sp³-hybridized carbons (Fsp3) is 0.545. The van der Waals surface area contributed by atoms with Crippen LogP contribution in [0.3, 0.4) is 0 Å². The van der Waals surface area contributed by atoms with Gasteiger partial charge in [-0.25, -0.2) is 14.6 Å². The van der Waals surface area contributed by atoms with Gasteiger partial charge in [0.25, 0.3) is 0 Å². The van der Waals surface area contributed by atoms with Gasteiger partial charge in [0.1, 0.15) is 5.01 Å². The summed E-state index contributed by atoms with van der Waals surface area (Å²) >= 11 is 1.39. The Hall–Kier alpha value is -1.63. The van der Waals surface area contributed by atoms with Crippen LogP contribution in [0.4, 0.5) is 4.79 Å². The van der Waals surface area contributed by atoms with Crippen LogP contribution in [-0.2, 0) is 11.3 Å². The Labute approximate surface area is 108 Å². The number of aromatic nitrogens is 1. The van der Waals surface area contributed by atoms with Gasteiger partial charge in [-0.15, -0.1) is 11.3 Å². The molecule has 0 aromatic carbocycles. The van der Waals surface area contributed by atoms with Crippen molar-refractivity contribution >= 4 is 23.4 Å². The number of nitrogens with one attached hydrogen (secondary N) is 1. The van der Waals surface area contributed by atoms with Crippen molar-refractivity contribution < 1.29 is 19.4 Å². The van der Waals surface area contributed by atoms with Crippen molar-refractivity contribution in [3.63, 3.8) is 0 Å². The summed E-state index contributed by atoms with van der Waals surface area (Å²) in [5.74, 6) is -0.0299.